The van der Waals surface area contributed by atoms with Crippen LogP contribution in [0, 0.1) is 0 Å². The van der Waals surface area contributed by atoms with Gasteiger partial charge in [0.05, 0.1) is 27.7 Å². The van der Waals surface area contributed by atoms with Crippen molar-refractivity contribution >= 4 is 29.1 Å². The number of nitrogens with one attached hydrogen (secondary N) is 1. The maximum absolute atomic E-state index is 12.1. The molecule has 1 unspecified atom stereocenters. The van der Waals surface area contributed by atoms with Gasteiger partial charge in [-0.25, -0.2) is 9.97 Å². The smallest absolute Gasteiger partial charge is 0.274 e. The molecule has 0 saturated carbocycles. The van der Waals surface area contributed by atoms with Gasteiger partial charge in [0.25, 0.3) is 5.91 Å². The Morgan fingerprint density at radius 2 is 1.90 bits per heavy atom. The van der Waals surface area contributed by atoms with E-state index in [-0.39, 0.29) is 28.5 Å². The SMILES string of the molecule is CCC(CNC(=O)c1nc(Cl)c(N)nc1N)[N+](C)(C)C. The van der Waals surface area contributed by atoms with Crippen LogP contribution in [0.25, 0.3) is 0 Å². The second-order valence-corrected chi connectivity index (χ2v) is 5.88. The molecule has 0 spiro atoms. The molecular weight excluding hydrogens is 280 g/mol. The van der Waals surface area contributed by atoms with E-state index in [0.717, 1.165) is 10.9 Å². The molecule has 1 aromatic rings. The van der Waals surface area contributed by atoms with Crippen LogP contribution in [-0.4, -0.2) is 54.1 Å². The first-order valence-corrected chi connectivity index (χ1v) is 6.72. The highest BCUT2D eigenvalue weighted by molar-refractivity contribution is 6.31. The van der Waals surface area contributed by atoms with Gasteiger partial charge in [-0.2, -0.15) is 0 Å². The van der Waals surface area contributed by atoms with Crippen molar-refractivity contribution in [3.8, 4) is 0 Å². The van der Waals surface area contributed by atoms with E-state index in [9.17, 15) is 4.79 Å². The summed E-state index contributed by atoms with van der Waals surface area (Å²) in [4.78, 5) is 19.7. The Labute approximate surface area is 123 Å². The van der Waals surface area contributed by atoms with Crippen molar-refractivity contribution in [3.05, 3.63) is 10.8 Å². The minimum absolute atomic E-state index is 0.000428. The number of carbonyl (C=O) groups is 1. The Kier molecular flexibility index (Phi) is 5.13. The van der Waals surface area contributed by atoms with Gasteiger partial charge < -0.3 is 21.3 Å². The van der Waals surface area contributed by atoms with Gasteiger partial charge in [0.15, 0.2) is 22.5 Å². The summed E-state index contributed by atoms with van der Waals surface area (Å²) in [7, 11) is 6.23. The fourth-order valence-electron chi connectivity index (χ4n) is 1.87. The molecule has 1 amide bonds. The summed E-state index contributed by atoms with van der Waals surface area (Å²) in [5.74, 6) is -0.412. The van der Waals surface area contributed by atoms with Crippen molar-refractivity contribution in [3.63, 3.8) is 0 Å². The Morgan fingerprint density at radius 3 is 2.40 bits per heavy atom. The Balaban J connectivity index is 2.80. The van der Waals surface area contributed by atoms with Gasteiger partial charge in [-0.3, -0.25) is 4.79 Å². The zero-order valence-electron chi connectivity index (χ0n) is 12.3. The first kappa shape index (κ1) is 16.5. The number of carbonyl (C=O) groups excluding carboxylic acids is 1. The van der Waals surface area contributed by atoms with E-state index in [2.05, 4.69) is 43.4 Å². The van der Waals surface area contributed by atoms with E-state index in [0.29, 0.717) is 6.54 Å². The van der Waals surface area contributed by atoms with Crippen LogP contribution in [0.4, 0.5) is 11.6 Å². The highest BCUT2D eigenvalue weighted by atomic mass is 35.5. The number of nitrogens with zero attached hydrogens (tertiary/aromatic N) is 3. The third-order valence-electron chi connectivity index (χ3n) is 3.18. The predicted molar refractivity (Wildman–Crippen MR) is 80.3 cm³/mol. The molecule has 20 heavy (non-hydrogen) atoms. The van der Waals surface area contributed by atoms with Gasteiger partial charge in [0.2, 0.25) is 0 Å². The Hall–Kier alpha value is -1.60. The Bertz CT molecular complexity index is 499. The number of likely N-dealkylation sites (N-methyl/N-ethyl adjacent to an activating group) is 1. The van der Waals surface area contributed by atoms with Gasteiger partial charge in [-0.05, 0) is 6.42 Å². The third-order valence-corrected chi connectivity index (χ3v) is 3.46. The number of amides is 1. The van der Waals surface area contributed by atoms with Crippen molar-refractivity contribution in [2.75, 3.05) is 39.2 Å². The van der Waals surface area contributed by atoms with E-state index in [4.69, 9.17) is 23.1 Å². The molecule has 0 aliphatic carbocycles. The van der Waals surface area contributed by atoms with E-state index in [1.165, 1.54) is 0 Å². The summed E-state index contributed by atoms with van der Waals surface area (Å²) in [6, 6.07) is 0.289. The second kappa shape index (κ2) is 6.23. The molecule has 1 aromatic heterocycles. The van der Waals surface area contributed by atoms with Crippen molar-refractivity contribution in [1.29, 1.82) is 0 Å². The predicted octanol–water partition coefficient (Wildman–Crippen LogP) is 0.509. The van der Waals surface area contributed by atoms with E-state index >= 15 is 0 Å². The van der Waals surface area contributed by atoms with E-state index in [1.807, 2.05) is 0 Å². The first-order valence-electron chi connectivity index (χ1n) is 6.34. The number of nitrogen functional groups attached to an aromatic ring is 2. The number of hydrogen-bond donors (Lipinski definition) is 3. The van der Waals surface area contributed by atoms with Crippen LogP contribution in [0.1, 0.15) is 23.8 Å². The quantitative estimate of drug-likeness (QED) is 0.687. The number of nitrogens with two attached hydrogens (primary N) is 2. The van der Waals surface area contributed by atoms with Crippen molar-refractivity contribution in [2.24, 2.45) is 0 Å². The molecule has 0 bridgehead atoms. The number of halogens is 1. The number of rotatable bonds is 5. The van der Waals surface area contributed by atoms with E-state index < -0.39 is 5.91 Å². The molecule has 0 fully saturated rings. The fourth-order valence-corrected chi connectivity index (χ4v) is 2.00. The van der Waals surface area contributed by atoms with Crippen LogP contribution in [0.15, 0.2) is 0 Å². The zero-order valence-corrected chi connectivity index (χ0v) is 13.0. The van der Waals surface area contributed by atoms with Crippen LogP contribution in [-0.2, 0) is 0 Å². The van der Waals surface area contributed by atoms with Crippen LogP contribution in [0.2, 0.25) is 5.15 Å². The molecule has 7 nitrogen and oxygen atoms in total. The summed E-state index contributed by atoms with van der Waals surface area (Å²) in [6.07, 6.45) is 0.938. The van der Waals surface area contributed by atoms with Gasteiger partial charge in [-0.1, -0.05) is 18.5 Å². The maximum Gasteiger partial charge on any atom is 0.274 e. The molecule has 112 valence electrons. The molecular formula is C12H22ClN6O+. The molecule has 0 saturated heterocycles. The van der Waals surface area contributed by atoms with Crippen LogP contribution >= 0.6 is 11.6 Å². The lowest BCUT2D eigenvalue weighted by molar-refractivity contribution is -0.894. The third kappa shape index (κ3) is 3.94. The van der Waals surface area contributed by atoms with Gasteiger partial charge >= 0.3 is 0 Å². The number of anilines is 2. The molecule has 0 aliphatic rings. The van der Waals surface area contributed by atoms with Crippen LogP contribution in [0.3, 0.4) is 0 Å². The lowest BCUT2D eigenvalue weighted by atomic mass is 10.1. The van der Waals surface area contributed by atoms with Crippen molar-refractivity contribution in [1.82, 2.24) is 15.3 Å². The minimum Gasteiger partial charge on any atom is -0.382 e. The molecule has 0 aliphatic heterocycles. The summed E-state index contributed by atoms with van der Waals surface area (Å²) in [5.41, 5.74) is 11.1. The topological polar surface area (TPSA) is 107 Å². The summed E-state index contributed by atoms with van der Waals surface area (Å²) in [6.45, 7) is 2.59. The molecule has 0 radical (unpaired) electrons. The lowest BCUT2D eigenvalue weighted by Crippen LogP contribution is -2.50. The molecule has 0 aromatic carbocycles. The van der Waals surface area contributed by atoms with Gasteiger partial charge in [-0.15, -0.1) is 0 Å². The number of hydrogen-bond acceptors (Lipinski definition) is 5. The fraction of sp³-hybridized carbons (Fsp3) is 0.583. The normalized spacial score (nSPS) is 13.1. The molecule has 5 N–H and O–H groups in total. The summed E-state index contributed by atoms with van der Waals surface area (Å²) < 4.78 is 0.750. The average molecular weight is 302 g/mol. The minimum atomic E-state index is -0.399. The maximum atomic E-state index is 12.1. The largest absolute Gasteiger partial charge is 0.382 e. The lowest BCUT2D eigenvalue weighted by Gasteiger charge is -2.33. The van der Waals surface area contributed by atoms with E-state index in [1.54, 1.807) is 0 Å². The standard InChI is InChI=1S/C12H21ClN6O/c1-5-7(19(2,3)4)6-16-12(20)8-10(14)18-11(15)9(13)17-8/h7H,5-6H2,1-4H3,(H4-,14,15,16,18,20)/p+1. The van der Waals surface area contributed by atoms with Crippen LogP contribution in [0.5, 0.6) is 0 Å². The van der Waals surface area contributed by atoms with Crippen molar-refractivity contribution < 1.29 is 9.28 Å². The summed E-state index contributed by atoms with van der Waals surface area (Å²) >= 11 is 5.76. The molecule has 1 rings (SSSR count). The summed E-state index contributed by atoms with van der Waals surface area (Å²) in [5, 5.41) is 2.78. The second-order valence-electron chi connectivity index (χ2n) is 5.52. The monoisotopic (exact) mass is 301 g/mol. The number of quaternary nitrogens is 1. The number of aromatic nitrogens is 2. The first-order chi connectivity index (χ1) is 9.16. The average Bonchev–Trinajstić information content (AvgIpc) is 2.32. The van der Waals surface area contributed by atoms with Crippen molar-refractivity contribution in [2.45, 2.75) is 19.4 Å². The highest BCUT2D eigenvalue weighted by Crippen LogP contribution is 2.17. The molecule has 1 atom stereocenters. The Morgan fingerprint density at radius 1 is 1.30 bits per heavy atom. The van der Waals surface area contributed by atoms with Crippen LogP contribution < -0.4 is 16.8 Å². The highest BCUT2D eigenvalue weighted by Gasteiger charge is 2.23. The molecule has 1 heterocycles. The van der Waals surface area contributed by atoms with Gasteiger partial charge in [0, 0.05) is 0 Å². The molecule has 8 heteroatoms. The zero-order chi connectivity index (χ0) is 15.5. The van der Waals surface area contributed by atoms with Gasteiger partial charge in [0.1, 0.15) is 6.04 Å².